The molecule has 2 aliphatic rings. The Bertz CT molecular complexity index is 1350. The molecule has 2 aliphatic heterocycles. The van der Waals surface area contributed by atoms with E-state index in [-0.39, 0.29) is 5.41 Å². The third-order valence-electron chi connectivity index (χ3n) is 8.46. The maximum atomic E-state index is 5.83. The molecule has 0 spiro atoms. The molecule has 6 nitrogen and oxygen atoms in total. The molecule has 3 heterocycles. The second-order valence-electron chi connectivity index (χ2n) is 12.6. The predicted molar refractivity (Wildman–Crippen MR) is 182 cm³/mol. The number of likely N-dealkylation sites (tertiary alicyclic amines) is 1. The molecule has 1 N–H and O–H groups in total. The number of ether oxygens (including phenoxy) is 1. The van der Waals surface area contributed by atoms with E-state index in [0.717, 1.165) is 72.5 Å². The number of hydrogen-bond donors (Lipinski definition) is 1. The Kier molecular flexibility index (Phi) is 11.7. The maximum absolute atomic E-state index is 5.83. The van der Waals surface area contributed by atoms with Gasteiger partial charge in [-0.25, -0.2) is 0 Å². The second-order valence-corrected chi connectivity index (χ2v) is 12.6. The van der Waals surface area contributed by atoms with E-state index in [1.807, 2.05) is 12.3 Å². The minimum atomic E-state index is 0.0254. The van der Waals surface area contributed by atoms with Crippen molar-refractivity contribution < 1.29 is 4.74 Å². The monoisotopic (exact) mass is 573 g/mol. The highest BCUT2D eigenvalue weighted by Crippen LogP contribution is 2.36. The lowest BCUT2D eigenvalue weighted by Gasteiger charge is -2.34. The van der Waals surface area contributed by atoms with Crippen LogP contribution in [0.3, 0.4) is 0 Å². The molecule has 4 rings (SSSR count). The fourth-order valence-corrected chi connectivity index (χ4v) is 5.78. The molecule has 0 bridgehead atoms. The molecule has 2 saturated heterocycles. The second kappa shape index (κ2) is 14.8. The quantitative estimate of drug-likeness (QED) is 0.447. The van der Waals surface area contributed by atoms with Gasteiger partial charge in [-0.2, -0.15) is 0 Å². The summed E-state index contributed by atoms with van der Waals surface area (Å²) in [6.45, 7) is 33.1. The van der Waals surface area contributed by atoms with Crippen LogP contribution in [0.15, 0.2) is 50.2 Å². The minimum absolute atomic E-state index is 0.0254. The molecule has 0 unspecified atom stereocenters. The zero-order chi connectivity index (χ0) is 31.0. The van der Waals surface area contributed by atoms with Crippen LogP contribution in [0, 0.1) is 0 Å². The van der Waals surface area contributed by atoms with Crippen molar-refractivity contribution in [3.8, 4) is 5.75 Å². The van der Waals surface area contributed by atoms with Gasteiger partial charge in [-0.05, 0) is 85.1 Å². The number of methoxy groups -OCH3 is 1. The molecule has 0 saturated carbocycles. The lowest BCUT2D eigenvalue weighted by molar-refractivity contribution is 0.185. The summed E-state index contributed by atoms with van der Waals surface area (Å²) in [7, 11) is 5.98. The number of piperazine rings is 1. The van der Waals surface area contributed by atoms with Crippen molar-refractivity contribution >= 4 is 23.5 Å². The van der Waals surface area contributed by atoms with Gasteiger partial charge in [0.1, 0.15) is 5.75 Å². The fraction of sp³-hybridized carbons (Fsp3) is 0.500. The highest BCUT2D eigenvalue weighted by molar-refractivity contribution is 5.79. The Morgan fingerprint density at radius 2 is 1.64 bits per heavy atom. The van der Waals surface area contributed by atoms with Gasteiger partial charge in [0, 0.05) is 39.8 Å². The molecule has 2 fully saturated rings. The number of benzene rings is 1. The minimum Gasteiger partial charge on any atom is -0.494 e. The van der Waals surface area contributed by atoms with E-state index in [0.29, 0.717) is 0 Å². The van der Waals surface area contributed by atoms with Gasteiger partial charge in [0.25, 0.3) is 0 Å². The third-order valence-corrected chi connectivity index (χ3v) is 8.46. The summed E-state index contributed by atoms with van der Waals surface area (Å²) in [6, 6.07) is 6.54. The molecule has 42 heavy (non-hydrogen) atoms. The number of nitrogens with zero attached hydrogens (tertiary/aromatic N) is 4. The molecule has 0 atom stereocenters. The third kappa shape index (κ3) is 8.20. The Balaban J connectivity index is 0.000000715. The zero-order valence-electron chi connectivity index (χ0n) is 27.5. The summed E-state index contributed by atoms with van der Waals surface area (Å²) in [5, 5.41) is 5.64. The number of rotatable bonds is 9. The van der Waals surface area contributed by atoms with Crippen LogP contribution in [0.5, 0.6) is 5.75 Å². The van der Waals surface area contributed by atoms with Gasteiger partial charge >= 0.3 is 0 Å². The zero-order valence-corrected chi connectivity index (χ0v) is 27.5. The smallest absolute Gasteiger partial charge is 0.145 e. The van der Waals surface area contributed by atoms with Gasteiger partial charge in [0.05, 0.1) is 29.5 Å². The molecule has 0 aliphatic carbocycles. The van der Waals surface area contributed by atoms with E-state index < -0.39 is 0 Å². The largest absolute Gasteiger partial charge is 0.494 e. The summed E-state index contributed by atoms with van der Waals surface area (Å²) in [5.74, 6) is 0.868. The standard InChI is InChI=1S/C31H44N4O.C5H11N/c1-11-24-19-26(31(6,7)8)20-27(30(24)36-10)32-23(5)28-18-22(4)29(33(28)9)25(12-2)21-35-16-14-34(13-3)15-17-35;1-6-4-2-3-5-6/h12-13,18-20,32H,2-5,11,14-17,21H2,1,6-10H3;2-5H2,1H3/b29-25-;. The van der Waals surface area contributed by atoms with Crippen molar-refractivity contribution in [3.05, 3.63) is 77.6 Å². The summed E-state index contributed by atoms with van der Waals surface area (Å²) >= 11 is 0. The van der Waals surface area contributed by atoms with Crippen molar-refractivity contribution in [1.29, 1.82) is 0 Å². The van der Waals surface area contributed by atoms with Crippen molar-refractivity contribution in [1.82, 2.24) is 19.3 Å². The van der Waals surface area contributed by atoms with Crippen LogP contribution in [0.25, 0.3) is 17.8 Å². The average molecular weight is 574 g/mol. The first-order valence-electron chi connectivity index (χ1n) is 15.4. The molecule has 0 radical (unpaired) electrons. The van der Waals surface area contributed by atoms with Gasteiger partial charge in [-0.1, -0.05) is 66.2 Å². The lowest BCUT2D eigenvalue weighted by atomic mass is 9.85. The number of nitrogens with one attached hydrogen (secondary N) is 1. The summed E-state index contributed by atoms with van der Waals surface area (Å²) in [6.07, 6.45) is 7.62. The summed E-state index contributed by atoms with van der Waals surface area (Å²) < 4.78 is 8.01. The van der Waals surface area contributed by atoms with Crippen molar-refractivity contribution in [2.24, 2.45) is 7.05 Å². The van der Waals surface area contributed by atoms with Crippen molar-refractivity contribution in [2.75, 3.05) is 65.3 Å². The van der Waals surface area contributed by atoms with Gasteiger partial charge in [0.15, 0.2) is 0 Å². The topological polar surface area (TPSA) is 35.9 Å². The first kappa shape index (κ1) is 33.3. The normalized spacial score (nSPS) is 16.9. The van der Waals surface area contributed by atoms with Crippen LogP contribution in [0.1, 0.15) is 57.4 Å². The van der Waals surface area contributed by atoms with Gasteiger partial charge < -0.3 is 24.4 Å². The SMILES string of the molecule is C=C/C(CN1CCN(C=C)CC1)=c1\c(=C)cc(C(=C)Nc2cc(C(C)(C)C)cc(CC)c2OC)n1C.CN1CCCC1. The average Bonchev–Trinajstić information content (AvgIpc) is 3.56. The molecule has 2 aromatic rings. The van der Waals surface area contributed by atoms with Gasteiger partial charge in [0.2, 0.25) is 0 Å². The maximum Gasteiger partial charge on any atom is 0.145 e. The van der Waals surface area contributed by atoms with Crippen LogP contribution in [-0.2, 0) is 18.9 Å². The van der Waals surface area contributed by atoms with E-state index in [2.05, 4.69) is 111 Å². The highest BCUT2D eigenvalue weighted by Gasteiger charge is 2.21. The van der Waals surface area contributed by atoms with Gasteiger partial charge in [-0.15, -0.1) is 0 Å². The van der Waals surface area contributed by atoms with E-state index >= 15 is 0 Å². The van der Waals surface area contributed by atoms with Gasteiger partial charge in [-0.3, -0.25) is 4.90 Å². The van der Waals surface area contributed by atoms with Crippen molar-refractivity contribution in [2.45, 2.75) is 52.4 Å². The molecule has 230 valence electrons. The number of hydrogen-bond acceptors (Lipinski definition) is 5. The van der Waals surface area contributed by atoms with E-state index in [1.165, 1.54) is 42.6 Å². The highest BCUT2D eigenvalue weighted by atomic mass is 16.5. The Morgan fingerprint density at radius 3 is 2.12 bits per heavy atom. The van der Waals surface area contributed by atoms with Crippen molar-refractivity contribution in [3.63, 3.8) is 0 Å². The van der Waals surface area contributed by atoms with Crippen LogP contribution in [0.2, 0.25) is 0 Å². The number of aromatic nitrogens is 1. The fourth-order valence-electron chi connectivity index (χ4n) is 5.78. The van der Waals surface area contributed by atoms with Crippen LogP contribution < -0.4 is 20.6 Å². The summed E-state index contributed by atoms with van der Waals surface area (Å²) in [5.41, 5.74) is 6.39. The number of aryl methyl sites for hydroxylation is 1. The Hall–Kier alpha value is -3.22. The Labute approximate surface area is 255 Å². The van der Waals surface area contributed by atoms with E-state index in [9.17, 15) is 0 Å². The Morgan fingerprint density at radius 1 is 1.00 bits per heavy atom. The summed E-state index contributed by atoms with van der Waals surface area (Å²) in [4.78, 5) is 7.09. The molecule has 1 aromatic carbocycles. The molecule has 0 amide bonds. The van der Waals surface area contributed by atoms with E-state index in [1.54, 1.807) is 7.11 Å². The van der Waals surface area contributed by atoms with Crippen LogP contribution in [0.4, 0.5) is 5.69 Å². The first-order chi connectivity index (χ1) is 19.9. The molecule has 1 aromatic heterocycles. The predicted octanol–water partition coefficient (Wildman–Crippen LogP) is 5.20. The number of anilines is 1. The van der Waals surface area contributed by atoms with E-state index in [4.69, 9.17) is 4.74 Å². The molecule has 6 heteroatoms. The van der Waals surface area contributed by atoms with Crippen LogP contribution >= 0.6 is 0 Å². The first-order valence-corrected chi connectivity index (χ1v) is 15.4. The molecular weight excluding hydrogens is 518 g/mol. The molecular formula is C36H55N5O. The lowest BCUT2D eigenvalue weighted by Crippen LogP contribution is -2.45. The van der Waals surface area contributed by atoms with Crippen LogP contribution in [-0.4, -0.2) is 79.2 Å².